The highest BCUT2D eigenvalue weighted by atomic mass is 35.5. The first-order valence-corrected chi connectivity index (χ1v) is 11.3. The number of benzene rings is 2. The molecule has 6 heteroatoms. The zero-order valence-electron chi connectivity index (χ0n) is 17.7. The molecule has 1 aliphatic rings. The molecule has 2 aromatic carbocycles. The third-order valence-electron chi connectivity index (χ3n) is 5.72. The number of fused-ring (bicyclic) bond motifs is 2. The van der Waals surface area contributed by atoms with E-state index in [1.165, 1.54) is 33.4 Å². The lowest BCUT2D eigenvalue weighted by Crippen LogP contribution is -1.98. The van der Waals surface area contributed by atoms with Gasteiger partial charge in [-0.25, -0.2) is 0 Å². The Labute approximate surface area is 192 Å². The summed E-state index contributed by atoms with van der Waals surface area (Å²) in [6.45, 7) is 4.33. The molecule has 0 amide bonds. The maximum absolute atomic E-state index is 6.04. The number of anilines is 3. The zero-order valence-corrected chi connectivity index (χ0v) is 19.2. The molecular formula is C25H26Cl2N4. The Morgan fingerprint density at radius 3 is 2.58 bits per heavy atom. The first-order valence-electron chi connectivity index (χ1n) is 10.5. The van der Waals surface area contributed by atoms with E-state index >= 15 is 0 Å². The van der Waals surface area contributed by atoms with E-state index in [4.69, 9.17) is 28.9 Å². The fourth-order valence-electron chi connectivity index (χ4n) is 4.18. The summed E-state index contributed by atoms with van der Waals surface area (Å²) in [5.41, 5.74) is 14.5. The van der Waals surface area contributed by atoms with E-state index in [0.29, 0.717) is 15.7 Å². The molecule has 2 heterocycles. The summed E-state index contributed by atoms with van der Waals surface area (Å²) in [6.07, 6.45) is 6.20. The Morgan fingerprint density at radius 2 is 1.84 bits per heavy atom. The quantitative estimate of drug-likeness (QED) is 0.287. The summed E-state index contributed by atoms with van der Waals surface area (Å²) in [5, 5.41) is 5.64. The van der Waals surface area contributed by atoms with Crippen molar-refractivity contribution < 1.29 is 0 Å². The van der Waals surface area contributed by atoms with Gasteiger partial charge in [0.1, 0.15) is 0 Å². The minimum Gasteiger partial charge on any atom is -0.396 e. The number of rotatable bonds is 3. The number of aromatic amines is 1. The van der Waals surface area contributed by atoms with Gasteiger partial charge < -0.3 is 16.0 Å². The third kappa shape index (κ3) is 4.51. The zero-order chi connectivity index (χ0) is 22.0. The Morgan fingerprint density at radius 1 is 1.10 bits per heavy atom. The van der Waals surface area contributed by atoms with Gasteiger partial charge in [0.15, 0.2) is 0 Å². The normalized spacial score (nSPS) is 12.4. The summed E-state index contributed by atoms with van der Waals surface area (Å²) in [4.78, 5) is 7.78. The van der Waals surface area contributed by atoms with Gasteiger partial charge in [-0.3, -0.25) is 4.98 Å². The molecule has 160 valence electrons. The highest BCUT2D eigenvalue weighted by Gasteiger charge is 2.16. The van der Waals surface area contributed by atoms with Crippen LogP contribution in [-0.4, -0.2) is 9.97 Å². The molecule has 0 saturated heterocycles. The molecule has 1 aliphatic carbocycles. The molecule has 0 radical (unpaired) electrons. The maximum atomic E-state index is 6.04. The van der Waals surface area contributed by atoms with E-state index < -0.39 is 0 Å². The van der Waals surface area contributed by atoms with Gasteiger partial charge in [-0.1, -0.05) is 48.3 Å². The lowest BCUT2D eigenvalue weighted by atomic mass is 10.1. The average molecular weight is 453 g/mol. The summed E-state index contributed by atoms with van der Waals surface area (Å²) in [7, 11) is 0. The van der Waals surface area contributed by atoms with Crippen LogP contribution in [0.1, 0.15) is 35.9 Å². The van der Waals surface area contributed by atoms with E-state index in [-0.39, 0.29) is 0 Å². The van der Waals surface area contributed by atoms with Crippen molar-refractivity contribution in [2.24, 2.45) is 0 Å². The van der Waals surface area contributed by atoms with Gasteiger partial charge >= 0.3 is 0 Å². The second kappa shape index (κ2) is 9.21. The van der Waals surface area contributed by atoms with Crippen LogP contribution in [0.15, 0.2) is 48.7 Å². The van der Waals surface area contributed by atoms with E-state index in [9.17, 15) is 0 Å². The van der Waals surface area contributed by atoms with Gasteiger partial charge in [-0.2, -0.15) is 0 Å². The summed E-state index contributed by atoms with van der Waals surface area (Å²) in [6, 6.07) is 14.0. The molecule has 0 aliphatic heterocycles. The number of aryl methyl sites for hydroxylation is 3. The molecule has 0 atom stereocenters. The predicted molar refractivity (Wildman–Crippen MR) is 133 cm³/mol. The Balaban J connectivity index is 0.000000166. The van der Waals surface area contributed by atoms with Crippen LogP contribution >= 0.6 is 23.2 Å². The number of hydrogen-bond donors (Lipinski definition) is 3. The van der Waals surface area contributed by atoms with Crippen LogP contribution in [0.2, 0.25) is 10.0 Å². The second-order valence-electron chi connectivity index (χ2n) is 7.74. The van der Waals surface area contributed by atoms with Crippen molar-refractivity contribution >= 4 is 51.2 Å². The van der Waals surface area contributed by atoms with Gasteiger partial charge in [0.25, 0.3) is 0 Å². The highest BCUT2D eigenvalue weighted by molar-refractivity contribution is 6.39. The number of H-pyrrole nitrogens is 1. The molecule has 0 saturated carbocycles. The monoisotopic (exact) mass is 452 g/mol. The molecule has 5 rings (SSSR count). The van der Waals surface area contributed by atoms with Crippen LogP contribution in [0.5, 0.6) is 0 Å². The topological polar surface area (TPSA) is 66.7 Å². The molecule has 31 heavy (non-hydrogen) atoms. The number of nitrogens with zero attached hydrogens (tertiary/aromatic N) is 1. The van der Waals surface area contributed by atoms with E-state index in [1.807, 2.05) is 12.3 Å². The molecule has 2 aromatic heterocycles. The summed E-state index contributed by atoms with van der Waals surface area (Å²) >= 11 is 12.1. The molecule has 0 unspecified atom stereocenters. The van der Waals surface area contributed by atoms with Gasteiger partial charge in [0.05, 0.1) is 15.7 Å². The fraction of sp³-hybridized carbons (Fsp3) is 0.240. The number of nitrogens with two attached hydrogens (primary N) is 1. The number of aromatic nitrogens is 2. The van der Waals surface area contributed by atoms with Gasteiger partial charge in [-0.05, 0) is 68.0 Å². The first-order chi connectivity index (χ1) is 15.0. The second-order valence-corrected chi connectivity index (χ2v) is 8.56. The van der Waals surface area contributed by atoms with Crippen LogP contribution in [0.3, 0.4) is 0 Å². The van der Waals surface area contributed by atoms with Crippen LogP contribution < -0.4 is 11.1 Å². The minimum absolute atomic E-state index is 0.411. The molecule has 0 fully saturated rings. The van der Waals surface area contributed by atoms with Crippen molar-refractivity contribution in [3.05, 3.63) is 81.2 Å². The van der Waals surface area contributed by atoms with Crippen LogP contribution in [0.4, 0.5) is 17.1 Å². The van der Waals surface area contributed by atoms with Crippen molar-refractivity contribution in [2.45, 2.75) is 39.5 Å². The Bertz CT molecular complexity index is 1210. The molecule has 0 spiro atoms. The highest BCUT2D eigenvalue weighted by Crippen LogP contribution is 2.34. The van der Waals surface area contributed by atoms with Crippen molar-refractivity contribution in [1.29, 1.82) is 0 Å². The number of nitrogen functional groups attached to an aromatic ring is 1. The average Bonchev–Trinajstić information content (AvgIpc) is 3.36. The number of nitrogens with one attached hydrogen (secondary N) is 2. The number of halogens is 2. The lowest BCUT2D eigenvalue weighted by Gasteiger charge is -2.12. The van der Waals surface area contributed by atoms with Gasteiger partial charge in [-0.15, -0.1) is 0 Å². The fourth-order valence-corrected chi connectivity index (χ4v) is 4.67. The van der Waals surface area contributed by atoms with Crippen LogP contribution in [0.25, 0.3) is 10.9 Å². The summed E-state index contributed by atoms with van der Waals surface area (Å²) < 4.78 is 0. The van der Waals surface area contributed by atoms with Crippen LogP contribution in [-0.2, 0) is 19.3 Å². The molecule has 4 nitrogen and oxygen atoms in total. The third-order valence-corrected chi connectivity index (χ3v) is 6.35. The largest absolute Gasteiger partial charge is 0.396 e. The first kappa shape index (κ1) is 21.5. The SMILES string of the molecule is CCc1c(C)[nH]c2ccccc12.Nc1c(Cl)cc(Nc2ccnc3c2CCC3)cc1Cl. The number of pyridine rings is 1. The van der Waals surface area contributed by atoms with E-state index in [2.05, 4.69) is 53.4 Å². The smallest absolute Gasteiger partial charge is 0.0694 e. The van der Waals surface area contributed by atoms with Crippen molar-refractivity contribution in [3.8, 4) is 0 Å². The molecule has 4 N–H and O–H groups in total. The standard InChI is InChI=1S/C14H13Cl2N3.C11H13N/c15-10-6-8(7-11(16)14(10)17)19-13-4-5-18-12-3-1-2-9(12)13;1-3-9-8(2)12-11-7-5-4-6-10(9)11/h4-7H,1-3,17H2,(H,18,19);4-7,12H,3H2,1-2H3. The minimum atomic E-state index is 0.411. The Hall–Kier alpha value is -2.69. The Kier molecular flexibility index (Phi) is 6.40. The van der Waals surface area contributed by atoms with Gasteiger partial charge in [0, 0.05) is 39.9 Å². The maximum Gasteiger partial charge on any atom is 0.0694 e. The van der Waals surface area contributed by atoms with Crippen LogP contribution in [0, 0.1) is 6.92 Å². The van der Waals surface area contributed by atoms with E-state index in [1.54, 1.807) is 12.1 Å². The molecule has 4 aromatic rings. The summed E-state index contributed by atoms with van der Waals surface area (Å²) in [5.74, 6) is 0. The van der Waals surface area contributed by atoms with Gasteiger partial charge in [0.2, 0.25) is 0 Å². The van der Waals surface area contributed by atoms with Crippen molar-refractivity contribution in [1.82, 2.24) is 9.97 Å². The van der Waals surface area contributed by atoms with Crippen molar-refractivity contribution in [2.75, 3.05) is 11.1 Å². The molecule has 0 bridgehead atoms. The number of hydrogen-bond acceptors (Lipinski definition) is 3. The lowest BCUT2D eigenvalue weighted by molar-refractivity contribution is 0.899. The van der Waals surface area contributed by atoms with Crippen molar-refractivity contribution in [3.63, 3.8) is 0 Å². The number of para-hydroxylation sites is 1. The predicted octanol–water partition coefficient (Wildman–Crippen LogP) is 7.24. The van der Waals surface area contributed by atoms with E-state index in [0.717, 1.165) is 37.1 Å². The molecular weight excluding hydrogens is 427 g/mol.